The Hall–Kier alpha value is -5.80. The van der Waals surface area contributed by atoms with Crippen molar-refractivity contribution < 1.29 is 4.74 Å². The zero-order valence-corrected chi connectivity index (χ0v) is 23.8. The number of nitrogens with zero attached hydrogens (tertiary/aromatic N) is 2. The summed E-state index contributed by atoms with van der Waals surface area (Å²) in [5.41, 5.74) is 11.4. The maximum atomic E-state index is 6.56. The highest BCUT2D eigenvalue weighted by molar-refractivity contribution is 5.93. The Morgan fingerprint density at radius 2 is 0.886 bits per heavy atom. The molecule has 1 aromatic heterocycles. The van der Waals surface area contributed by atoms with Gasteiger partial charge in [-0.3, -0.25) is 0 Å². The van der Waals surface area contributed by atoms with E-state index in [0.717, 1.165) is 50.7 Å². The molecule has 206 valence electrons. The van der Waals surface area contributed by atoms with Crippen LogP contribution in [-0.2, 0) is 5.41 Å². The van der Waals surface area contributed by atoms with Gasteiger partial charge < -0.3 is 4.74 Å². The molecule has 0 bridgehead atoms. The van der Waals surface area contributed by atoms with Gasteiger partial charge in [-0.05, 0) is 40.5 Å². The summed E-state index contributed by atoms with van der Waals surface area (Å²) in [5, 5.41) is 0. The van der Waals surface area contributed by atoms with Crippen LogP contribution in [-0.4, -0.2) is 9.97 Å². The lowest BCUT2D eigenvalue weighted by atomic mass is 9.65. The van der Waals surface area contributed by atoms with Crippen molar-refractivity contribution in [1.82, 2.24) is 9.97 Å². The fourth-order valence-corrected chi connectivity index (χ4v) is 7.18. The van der Waals surface area contributed by atoms with Gasteiger partial charge in [0.1, 0.15) is 11.5 Å². The van der Waals surface area contributed by atoms with Gasteiger partial charge in [-0.1, -0.05) is 140 Å². The minimum absolute atomic E-state index is 0.604. The van der Waals surface area contributed by atoms with E-state index in [1.54, 1.807) is 0 Å². The molecule has 0 fully saturated rings. The number of fused-ring (bicyclic) bond motifs is 9. The van der Waals surface area contributed by atoms with Crippen LogP contribution in [0.4, 0.5) is 0 Å². The van der Waals surface area contributed by atoms with Crippen molar-refractivity contribution in [3.63, 3.8) is 0 Å². The lowest BCUT2D eigenvalue weighted by Gasteiger charge is -2.40. The molecule has 0 N–H and O–H groups in total. The molecule has 7 aromatic rings. The third-order valence-corrected chi connectivity index (χ3v) is 8.97. The highest BCUT2D eigenvalue weighted by atomic mass is 16.5. The molecule has 2 aliphatic rings. The van der Waals surface area contributed by atoms with E-state index < -0.39 is 5.41 Å². The zero-order chi connectivity index (χ0) is 29.1. The van der Waals surface area contributed by atoms with E-state index in [2.05, 4.69) is 133 Å². The molecule has 0 radical (unpaired) electrons. The molecule has 9 rings (SSSR count). The Kier molecular flexibility index (Phi) is 5.41. The molecule has 0 unspecified atom stereocenters. The fourth-order valence-electron chi connectivity index (χ4n) is 7.18. The molecule has 0 atom stereocenters. The maximum Gasteiger partial charge on any atom is 0.160 e. The van der Waals surface area contributed by atoms with Gasteiger partial charge in [-0.25, -0.2) is 9.97 Å². The van der Waals surface area contributed by atoms with Gasteiger partial charge in [-0.15, -0.1) is 0 Å². The lowest BCUT2D eigenvalue weighted by molar-refractivity contribution is 0.436. The van der Waals surface area contributed by atoms with Gasteiger partial charge in [0.15, 0.2) is 5.82 Å². The highest BCUT2D eigenvalue weighted by Gasteiger charge is 2.52. The van der Waals surface area contributed by atoms with Crippen molar-refractivity contribution in [2.45, 2.75) is 5.41 Å². The molecule has 0 saturated carbocycles. The average molecular weight is 563 g/mol. The summed E-state index contributed by atoms with van der Waals surface area (Å²) in [6.07, 6.45) is 0. The van der Waals surface area contributed by atoms with Crippen LogP contribution in [0.1, 0.15) is 22.3 Å². The minimum atomic E-state index is -0.604. The van der Waals surface area contributed by atoms with E-state index in [1.807, 2.05) is 24.3 Å². The topological polar surface area (TPSA) is 35.0 Å². The number of ether oxygens (including phenoxy) is 1. The van der Waals surface area contributed by atoms with E-state index in [4.69, 9.17) is 14.7 Å². The summed E-state index contributed by atoms with van der Waals surface area (Å²) >= 11 is 0. The van der Waals surface area contributed by atoms with Gasteiger partial charge in [0, 0.05) is 27.8 Å². The molecular formula is C41H26N2O. The van der Waals surface area contributed by atoms with E-state index in [1.165, 1.54) is 22.3 Å². The molecule has 3 nitrogen and oxygen atoms in total. The van der Waals surface area contributed by atoms with Gasteiger partial charge in [0.2, 0.25) is 0 Å². The van der Waals surface area contributed by atoms with Gasteiger partial charge >= 0.3 is 0 Å². The van der Waals surface area contributed by atoms with E-state index in [-0.39, 0.29) is 0 Å². The summed E-state index contributed by atoms with van der Waals surface area (Å²) < 4.78 is 6.56. The standard InChI is InChI=1S/C41H26N2O/c1-3-14-27(15-4-1)35-26-36(28-16-5-2-6-17-28)43-40(42-35)31-20-13-19-30-29-18-7-8-21-32(29)41(39(30)31)33-22-9-11-24-37(33)44-38-25-12-10-23-34(38)41/h1-26H. The lowest BCUT2D eigenvalue weighted by Crippen LogP contribution is -2.32. The summed E-state index contributed by atoms with van der Waals surface area (Å²) in [5.74, 6) is 2.44. The summed E-state index contributed by atoms with van der Waals surface area (Å²) in [7, 11) is 0. The Balaban J connectivity index is 1.41. The normalized spacial score (nSPS) is 13.4. The first kappa shape index (κ1) is 24.8. The molecule has 6 aromatic carbocycles. The van der Waals surface area contributed by atoms with Crippen molar-refractivity contribution in [2.75, 3.05) is 0 Å². The number of rotatable bonds is 3. The maximum absolute atomic E-state index is 6.56. The minimum Gasteiger partial charge on any atom is -0.457 e. The van der Waals surface area contributed by atoms with E-state index in [9.17, 15) is 0 Å². The van der Waals surface area contributed by atoms with Crippen molar-refractivity contribution in [3.8, 4) is 56.5 Å². The third-order valence-electron chi connectivity index (χ3n) is 8.97. The summed E-state index contributed by atoms with van der Waals surface area (Å²) in [6.45, 7) is 0. The molecule has 1 spiro atoms. The molecule has 3 heteroatoms. The quantitative estimate of drug-likeness (QED) is 0.215. The van der Waals surface area contributed by atoms with Crippen LogP contribution in [0.5, 0.6) is 11.5 Å². The SMILES string of the molecule is c1ccc(-c2cc(-c3ccccc3)nc(-c3cccc4c3C3(c5ccccc5Oc5ccccc53)c3ccccc3-4)n2)cc1. The summed E-state index contributed by atoms with van der Waals surface area (Å²) in [4.78, 5) is 10.6. The van der Waals surface area contributed by atoms with Crippen LogP contribution in [0.2, 0.25) is 0 Å². The molecule has 1 aliphatic heterocycles. The molecular weight excluding hydrogens is 536 g/mol. The smallest absolute Gasteiger partial charge is 0.160 e. The second-order valence-electron chi connectivity index (χ2n) is 11.3. The number of benzene rings is 6. The molecule has 44 heavy (non-hydrogen) atoms. The number of hydrogen-bond acceptors (Lipinski definition) is 3. The van der Waals surface area contributed by atoms with Gasteiger partial charge in [0.25, 0.3) is 0 Å². The first-order chi connectivity index (χ1) is 21.8. The zero-order valence-electron chi connectivity index (χ0n) is 23.8. The van der Waals surface area contributed by atoms with Crippen molar-refractivity contribution in [1.29, 1.82) is 0 Å². The predicted molar refractivity (Wildman–Crippen MR) is 176 cm³/mol. The van der Waals surface area contributed by atoms with Crippen LogP contribution < -0.4 is 4.74 Å². The second kappa shape index (κ2) is 9.62. The Morgan fingerprint density at radius 1 is 0.409 bits per heavy atom. The summed E-state index contributed by atoms with van der Waals surface area (Å²) in [6, 6.07) is 55.1. The fraction of sp³-hybridized carbons (Fsp3) is 0.0244. The average Bonchev–Trinajstić information content (AvgIpc) is 3.40. The monoisotopic (exact) mass is 562 g/mol. The largest absolute Gasteiger partial charge is 0.457 e. The van der Waals surface area contributed by atoms with Crippen molar-refractivity contribution in [3.05, 3.63) is 180 Å². The van der Waals surface area contributed by atoms with Crippen LogP contribution in [0.3, 0.4) is 0 Å². The first-order valence-corrected chi connectivity index (χ1v) is 14.9. The first-order valence-electron chi connectivity index (χ1n) is 14.9. The molecule has 1 aliphatic carbocycles. The second-order valence-corrected chi connectivity index (χ2v) is 11.3. The van der Waals surface area contributed by atoms with E-state index >= 15 is 0 Å². The number of hydrogen-bond donors (Lipinski definition) is 0. The van der Waals surface area contributed by atoms with Crippen LogP contribution in [0, 0.1) is 0 Å². The van der Waals surface area contributed by atoms with Crippen molar-refractivity contribution >= 4 is 0 Å². The van der Waals surface area contributed by atoms with Crippen LogP contribution in [0.15, 0.2) is 158 Å². The Bertz CT molecular complexity index is 2100. The molecule has 0 amide bonds. The highest BCUT2D eigenvalue weighted by Crippen LogP contribution is 2.63. The molecule has 2 heterocycles. The Morgan fingerprint density at radius 3 is 1.50 bits per heavy atom. The number of aromatic nitrogens is 2. The van der Waals surface area contributed by atoms with Gasteiger partial charge in [0.05, 0.1) is 16.8 Å². The molecule has 0 saturated heterocycles. The van der Waals surface area contributed by atoms with Crippen molar-refractivity contribution in [2.24, 2.45) is 0 Å². The number of para-hydroxylation sites is 2. The predicted octanol–water partition coefficient (Wildman–Crippen LogP) is 9.95. The third kappa shape index (κ3) is 3.50. The van der Waals surface area contributed by atoms with E-state index in [0.29, 0.717) is 5.82 Å². The van der Waals surface area contributed by atoms with Gasteiger partial charge in [-0.2, -0.15) is 0 Å². The van der Waals surface area contributed by atoms with Crippen LogP contribution in [0.25, 0.3) is 45.0 Å². The Labute approximate surface area is 256 Å². The van der Waals surface area contributed by atoms with Crippen LogP contribution >= 0.6 is 0 Å².